The van der Waals surface area contributed by atoms with Gasteiger partial charge in [0.1, 0.15) is 5.82 Å². The third kappa shape index (κ3) is 7.21. The number of hydrogen-bond acceptors (Lipinski definition) is 3. The molecule has 1 unspecified atom stereocenters. The first kappa shape index (κ1) is 31.0. The second-order valence-electron chi connectivity index (χ2n) is 11.1. The Balaban J connectivity index is 1.27. The summed E-state index contributed by atoms with van der Waals surface area (Å²) in [5, 5.41) is 2.51. The van der Waals surface area contributed by atoms with E-state index in [1.54, 1.807) is 0 Å². The first-order valence-electron chi connectivity index (χ1n) is 14.1. The summed E-state index contributed by atoms with van der Waals surface area (Å²) < 4.78 is 99.7. The Morgan fingerprint density at radius 1 is 0.907 bits per heavy atom. The maximum atomic E-state index is 13.6. The van der Waals surface area contributed by atoms with E-state index in [1.165, 1.54) is 35.4 Å². The lowest BCUT2D eigenvalue weighted by Crippen LogP contribution is -2.47. The summed E-state index contributed by atoms with van der Waals surface area (Å²) in [4.78, 5) is 15.5. The molecule has 3 aromatic carbocycles. The molecule has 0 bridgehead atoms. The van der Waals surface area contributed by atoms with Crippen LogP contribution in [-0.2, 0) is 40.5 Å². The standard InChI is InChI=1S/C32H31F7N2O2/c33-26-7-5-22(6-8-26)27(29(42)40-20-21-17-24(31(34,35)36)19-25(18-21)32(37,38)39)9-13-41-14-11-30(12-15-41)28-4-2-1-3-23(28)10-16-43-30/h1-8,17-19,27H,9-16,20H2,(H,40,42). The molecule has 3 aromatic rings. The van der Waals surface area contributed by atoms with Gasteiger partial charge < -0.3 is 15.0 Å². The van der Waals surface area contributed by atoms with E-state index in [2.05, 4.69) is 22.3 Å². The number of fused-ring (bicyclic) bond motifs is 2. The van der Waals surface area contributed by atoms with Crippen molar-refractivity contribution in [2.24, 2.45) is 0 Å². The van der Waals surface area contributed by atoms with Gasteiger partial charge >= 0.3 is 12.4 Å². The van der Waals surface area contributed by atoms with Crippen LogP contribution >= 0.6 is 0 Å². The fourth-order valence-electron chi connectivity index (χ4n) is 6.06. The molecular weight excluding hydrogens is 577 g/mol. The molecule has 1 N–H and O–H groups in total. The minimum atomic E-state index is -4.99. The molecule has 2 heterocycles. The fraction of sp³-hybridized carbons (Fsp3) is 0.406. The first-order valence-corrected chi connectivity index (χ1v) is 14.1. The number of nitrogens with one attached hydrogen (secondary N) is 1. The molecule has 0 aromatic heterocycles. The lowest BCUT2D eigenvalue weighted by Gasteiger charge is -2.45. The van der Waals surface area contributed by atoms with E-state index >= 15 is 0 Å². The minimum Gasteiger partial charge on any atom is -0.370 e. The molecular formula is C32H31F7N2O2. The Bertz CT molecular complexity index is 1400. The molecule has 43 heavy (non-hydrogen) atoms. The SMILES string of the molecule is O=C(NCc1cc(C(F)(F)F)cc(C(F)(F)F)c1)C(CCN1CCC2(CC1)OCCc1ccccc12)c1ccc(F)cc1. The van der Waals surface area contributed by atoms with Crippen molar-refractivity contribution in [2.75, 3.05) is 26.2 Å². The lowest BCUT2D eigenvalue weighted by atomic mass is 9.79. The molecule has 11 heteroatoms. The molecule has 2 aliphatic heterocycles. The van der Waals surface area contributed by atoms with Crippen molar-refractivity contribution >= 4 is 5.91 Å². The number of nitrogens with zero attached hydrogens (tertiary/aromatic N) is 1. The number of alkyl halides is 6. The summed E-state index contributed by atoms with van der Waals surface area (Å²) in [6.45, 7) is 2.06. The average Bonchev–Trinajstić information content (AvgIpc) is 2.97. The average molecular weight is 609 g/mol. The molecule has 5 rings (SSSR count). The van der Waals surface area contributed by atoms with E-state index < -0.39 is 47.7 Å². The summed E-state index contributed by atoms with van der Waals surface area (Å²) in [7, 11) is 0. The van der Waals surface area contributed by atoms with E-state index in [4.69, 9.17) is 4.74 Å². The van der Waals surface area contributed by atoms with E-state index in [-0.39, 0.29) is 17.2 Å². The number of piperidine rings is 1. The molecule has 1 atom stereocenters. The number of likely N-dealkylation sites (tertiary alicyclic amines) is 1. The zero-order chi connectivity index (χ0) is 30.8. The molecule has 4 nitrogen and oxygen atoms in total. The van der Waals surface area contributed by atoms with Crippen LogP contribution < -0.4 is 5.32 Å². The van der Waals surface area contributed by atoms with Crippen molar-refractivity contribution < 1.29 is 40.3 Å². The number of ether oxygens (including phenoxy) is 1. The van der Waals surface area contributed by atoms with Crippen molar-refractivity contribution in [3.05, 3.63) is 106 Å². The van der Waals surface area contributed by atoms with Crippen LogP contribution in [-0.4, -0.2) is 37.0 Å². The van der Waals surface area contributed by atoms with E-state index in [9.17, 15) is 35.5 Å². The van der Waals surface area contributed by atoms with Crippen LogP contribution in [0.25, 0.3) is 0 Å². The highest BCUT2D eigenvalue weighted by Crippen LogP contribution is 2.42. The van der Waals surface area contributed by atoms with Crippen LogP contribution in [0.3, 0.4) is 0 Å². The summed E-state index contributed by atoms with van der Waals surface area (Å²) in [5.41, 5.74) is -0.576. The molecule has 2 aliphatic rings. The number of hydrogen-bond donors (Lipinski definition) is 1. The second kappa shape index (κ2) is 12.3. The zero-order valence-electron chi connectivity index (χ0n) is 23.2. The van der Waals surface area contributed by atoms with Gasteiger partial charge in [0.05, 0.1) is 29.3 Å². The number of carbonyl (C=O) groups is 1. The monoisotopic (exact) mass is 608 g/mol. The van der Waals surface area contributed by atoms with Crippen molar-refractivity contribution in [1.82, 2.24) is 10.2 Å². The highest BCUT2D eigenvalue weighted by atomic mass is 19.4. The predicted molar refractivity (Wildman–Crippen MR) is 146 cm³/mol. The van der Waals surface area contributed by atoms with Gasteiger partial charge in [-0.15, -0.1) is 0 Å². The zero-order valence-corrected chi connectivity index (χ0v) is 23.2. The van der Waals surface area contributed by atoms with Crippen molar-refractivity contribution in [3.63, 3.8) is 0 Å². The molecule has 0 saturated carbocycles. The molecule has 230 valence electrons. The van der Waals surface area contributed by atoms with E-state index in [1.807, 2.05) is 12.1 Å². The van der Waals surface area contributed by atoms with Crippen LogP contribution in [0.15, 0.2) is 66.7 Å². The third-order valence-corrected chi connectivity index (χ3v) is 8.36. The first-order chi connectivity index (χ1) is 20.3. The van der Waals surface area contributed by atoms with Crippen LogP contribution in [0.1, 0.15) is 58.6 Å². The van der Waals surface area contributed by atoms with Crippen LogP contribution in [0.4, 0.5) is 30.7 Å². The lowest BCUT2D eigenvalue weighted by molar-refractivity contribution is -0.143. The van der Waals surface area contributed by atoms with Crippen LogP contribution in [0.2, 0.25) is 0 Å². The minimum absolute atomic E-state index is 0.0480. The number of amides is 1. The molecule has 1 spiro atoms. The van der Waals surface area contributed by atoms with Crippen molar-refractivity contribution in [2.45, 2.75) is 56.1 Å². The highest BCUT2D eigenvalue weighted by molar-refractivity contribution is 5.83. The smallest absolute Gasteiger partial charge is 0.370 e. The van der Waals surface area contributed by atoms with Gasteiger partial charge in [-0.3, -0.25) is 4.79 Å². The number of carbonyl (C=O) groups excluding carboxylic acids is 1. The number of halogens is 7. The normalized spacial score (nSPS) is 17.8. The maximum Gasteiger partial charge on any atom is 0.416 e. The summed E-state index contributed by atoms with van der Waals surface area (Å²) in [6, 6.07) is 14.9. The van der Waals surface area contributed by atoms with Gasteiger partial charge in [0.2, 0.25) is 5.91 Å². The van der Waals surface area contributed by atoms with Gasteiger partial charge in [0.25, 0.3) is 0 Å². The third-order valence-electron chi connectivity index (χ3n) is 8.36. The van der Waals surface area contributed by atoms with Crippen molar-refractivity contribution in [3.8, 4) is 0 Å². The molecule has 0 aliphatic carbocycles. The Labute approximate surface area is 244 Å². The number of rotatable bonds is 7. The largest absolute Gasteiger partial charge is 0.416 e. The maximum absolute atomic E-state index is 13.6. The quantitative estimate of drug-likeness (QED) is 0.288. The van der Waals surface area contributed by atoms with Gasteiger partial charge in [0.15, 0.2) is 0 Å². The molecule has 1 amide bonds. The Kier molecular flexibility index (Phi) is 8.85. The fourth-order valence-corrected chi connectivity index (χ4v) is 6.06. The Morgan fingerprint density at radius 3 is 2.16 bits per heavy atom. The summed E-state index contributed by atoms with van der Waals surface area (Å²) >= 11 is 0. The highest BCUT2D eigenvalue weighted by Gasteiger charge is 2.41. The molecule has 1 fully saturated rings. The number of benzene rings is 3. The van der Waals surface area contributed by atoms with Gasteiger partial charge in [-0.25, -0.2) is 4.39 Å². The van der Waals surface area contributed by atoms with Gasteiger partial charge in [-0.1, -0.05) is 36.4 Å². The summed E-state index contributed by atoms with van der Waals surface area (Å²) in [5.74, 6) is -1.87. The van der Waals surface area contributed by atoms with Gasteiger partial charge in [-0.05, 0) is 84.8 Å². The molecule has 0 radical (unpaired) electrons. The van der Waals surface area contributed by atoms with E-state index in [0.29, 0.717) is 37.3 Å². The predicted octanol–water partition coefficient (Wildman–Crippen LogP) is 7.22. The summed E-state index contributed by atoms with van der Waals surface area (Å²) in [6.07, 6.45) is -7.25. The van der Waals surface area contributed by atoms with E-state index in [0.717, 1.165) is 32.4 Å². The topological polar surface area (TPSA) is 41.6 Å². The van der Waals surface area contributed by atoms with Crippen molar-refractivity contribution in [1.29, 1.82) is 0 Å². The molecule has 1 saturated heterocycles. The van der Waals surface area contributed by atoms with Gasteiger partial charge in [0, 0.05) is 19.6 Å². The Morgan fingerprint density at radius 2 is 1.53 bits per heavy atom. The Hall–Kier alpha value is -3.44. The van der Waals surface area contributed by atoms with Crippen LogP contribution in [0, 0.1) is 5.82 Å². The van der Waals surface area contributed by atoms with Gasteiger partial charge in [-0.2, -0.15) is 26.3 Å². The van der Waals surface area contributed by atoms with Crippen LogP contribution in [0.5, 0.6) is 0 Å². The second-order valence-corrected chi connectivity index (χ2v) is 11.1.